The highest BCUT2D eigenvalue weighted by atomic mass is 15.2. The number of aromatic nitrogens is 1. The summed E-state index contributed by atoms with van der Waals surface area (Å²) < 4.78 is 0. The Morgan fingerprint density at radius 1 is 1.24 bits per heavy atom. The smallest absolute Gasteiger partial charge is 0.101 e. The first-order valence-electron chi connectivity index (χ1n) is 7.83. The molecule has 1 atom stereocenters. The normalized spacial score (nSPS) is 22.9. The third-order valence-corrected chi connectivity index (χ3v) is 5.03. The fourth-order valence-electron chi connectivity index (χ4n) is 3.92. The molecule has 0 bridgehead atoms. The highest BCUT2D eigenvalue weighted by Gasteiger charge is 2.27. The van der Waals surface area contributed by atoms with Crippen LogP contribution in [0.1, 0.15) is 23.1 Å². The standard InChI is InChI=1S/C17H20N4/c18-10-13-11-20-16-4-2-12-1-3-14(9-15(12)17(13)16)21-7-5-19-6-8-21/h2,4,11,14,19-20H,1,3,5-9H2/t14-/m1/s1. The summed E-state index contributed by atoms with van der Waals surface area (Å²) in [5, 5.41) is 13.9. The van der Waals surface area contributed by atoms with Crippen molar-refractivity contribution >= 4 is 10.9 Å². The van der Waals surface area contributed by atoms with Crippen LogP contribution in [0, 0.1) is 11.3 Å². The number of benzene rings is 1. The number of aryl methyl sites for hydroxylation is 1. The summed E-state index contributed by atoms with van der Waals surface area (Å²) >= 11 is 0. The van der Waals surface area contributed by atoms with E-state index in [1.165, 1.54) is 17.5 Å². The SMILES string of the molecule is N#Cc1c[nH]c2ccc3c(c12)C[C@H](N1CCNCC1)CC3. The van der Waals surface area contributed by atoms with Crippen molar-refractivity contribution in [3.63, 3.8) is 0 Å². The van der Waals surface area contributed by atoms with Gasteiger partial charge in [0.25, 0.3) is 0 Å². The summed E-state index contributed by atoms with van der Waals surface area (Å²) in [6.45, 7) is 4.49. The highest BCUT2D eigenvalue weighted by Crippen LogP contribution is 2.32. The van der Waals surface area contributed by atoms with Crippen molar-refractivity contribution in [1.82, 2.24) is 15.2 Å². The zero-order valence-electron chi connectivity index (χ0n) is 12.2. The maximum absolute atomic E-state index is 9.35. The lowest BCUT2D eigenvalue weighted by Gasteiger charge is -2.38. The maximum Gasteiger partial charge on any atom is 0.101 e. The zero-order valence-corrected chi connectivity index (χ0v) is 12.2. The third-order valence-electron chi connectivity index (χ3n) is 5.03. The minimum absolute atomic E-state index is 0.631. The Morgan fingerprint density at radius 2 is 2.10 bits per heavy atom. The van der Waals surface area contributed by atoms with E-state index >= 15 is 0 Å². The van der Waals surface area contributed by atoms with E-state index in [4.69, 9.17) is 0 Å². The van der Waals surface area contributed by atoms with Crippen LogP contribution in [0.3, 0.4) is 0 Å². The van der Waals surface area contributed by atoms with Gasteiger partial charge in [0, 0.05) is 49.3 Å². The molecule has 1 saturated heterocycles. The molecule has 21 heavy (non-hydrogen) atoms. The van der Waals surface area contributed by atoms with E-state index in [2.05, 4.69) is 33.4 Å². The molecule has 4 nitrogen and oxygen atoms in total. The van der Waals surface area contributed by atoms with Gasteiger partial charge in [-0.05, 0) is 36.5 Å². The largest absolute Gasteiger partial charge is 0.360 e. The third kappa shape index (κ3) is 2.14. The van der Waals surface area contributed by atoms with Crippen LogP contribution in [-0.4, -0.2) is 42.1 Å². The monoisotopic (exact) mass is 280 g/mol. The van der Waals surface area contributed by atoms with Crippen LogP contribution in [-0.2, 0) is 12.8 Å². The molecule has 1 aliphatic heterocycles. The number of hydrogen-bond acceptors (Lipinski definition) is 3. The fourth-order valence-corrected chi connectivity index (χ4v) is 3.92. The Morgan fingerprint density at radius 3 is 2.90 bits per heavy atom. The molecule has 0 radical (unpaired) electrons. The number of nitrogens with one attached hydrogen (secondary N) is 2. The summed E-state index contributed by atoms with van der Waals surface area (Å²) in [5.41, 5.74) is 4.74. The molecule has 4 rings (SSSR count). The fraction of sp³-hybridized carbons (Fsp3) is 0.471. The molecule has 2 aliphatic rings. The molecule has 2 aromatic rings. The van der Waals surface area contributed by atoms with Gasteiger partial charge < -0.3 is 10.3 Å². The Hall–Kier alpha value is -1.83. The number of nitrogens with zero attached hydrogens (tertiary/aromatic N) is 2. The van der Waals surface area contributed by atoms with E-state index < -0.39 is 0 Å². The highest BCUT2D eigenvalue weighted by molar-refractivity contribution is 5.90. The van der Waals surface area contributed by atoms with Gasteiger partial charge >= 0.3 is 0 Å². The minimum atomic E-state index is 0.631. The van der Waals surface area contributed by atoms with Crippen LogP contribution < -0.4 is 5.32 Å². The summed E-state index contributed by atoms with van der Waals surface area (Å²) in [6.07, 6.45) is 5.30. The quantitative estimate of drug-likeness (QED) is 0.837. The predicted octanol–water partition coefficient (Wildman–Crippen LogP) is 1.80. The molecule has 0 spiro atoms. The first-order valence-corrected chi connectivity index (χ1v) is 7.83. The van der Waals surface area contributed by atoms with Gasteiger partial charge in [-0.1, -0.05) is 6.07 Å². The van der Waals surface area contributed by atoms with Gasteiger partial charge in [-0.3, -0.25) is 4.90 Å². The number of piperazine rings is 1. The van der Waals surface area contributed by atoms with Gasteiger partial charge in [0.1, 0.15) is 6.07 Å². The summed E-state index contributed by atoms with van der Waals surface area (Å²) in [4.78, 5) is 5.86. The average Bonchev–Trinajstić information content (AvgIpc) is 2.99. The summed E-state index contributed by atoms with van der Waals surface area (Å²) in [6, 6.07) is 7.34. The number of fused-ring (bicyclic) bond motifs is 3. The van der Waals surface area contributed by atoms with E-state index in [1.807, 2.05) is 6.20 Å². The number of H-pyrrole nitrogens is 1. The van der Waals surface area contributed by atoms with Crippen molar-refractivity contribution in [3.8, 4) is 6.07 Å². The van der Waals surface area contributed by atoms with Crippen LogP contribution in [0.25, 0.3) is 10.9 Å². The number of hydrogen-bond donors (Lipinski definition) is 2. The van der Waals surface area contributed by atoms with Crippen LogP contribution in [0.15, 0.2) is 18.3 Å². The van der Waals surface area contributed by atoms with Crippen molar-refractivity contribution in [2.75, 3.05) is 26.2 Å². The maximum atomic E-state index is 9.35. The predicted molar refractivity (Wildman–Crippen MR) is 83.3 cm³/mol. The molecule has 0 unspecified atom stereocenters. The van der Waals surface area contributed by atoms with Gasteiger partial charge in [-0.2, -0.15) is 5.26 Å². The van der Waals surface area contributed by atoms with Crippen LogP contribution in [0.5, 0.6) is 0 Å². The van der Waals surface area contributed by atoms with Gasteiger partial charge in [0.05, 0.1) is 5.56 Å². The lowest BCUT2D eigenvalue weighted by atomic mass is 9.84. The van der Waals surface area contributed by atoms with Crippen LogP contribution >= 0.6 is 0 Å². The Balaban J connectivity index is 1.73. The van der Waals surface area contributed by atoms with E-state index in [-0.39, 0.29) is 0 Å². The van der Waals surface area contributed by atoms with Gasteiger partial charge in [-0.15, -0.1) is 0 Å². The molecular formula is C17H20N4. The van der Waals surface area contributed by atoms with Crippen LogP contribution in [0.2, 0.25) is 0 Å². The Labute approximate surface area is 124 Å². The van der Waals surface area contributed by atoms with Gasteiger partial charge in [0.15, 0.2) is 0 Å². The van der Waals surface area contributed by atoms with Crippen LogP contribution in [0.4, 0.5) is 0 Å². The van der Waals surface area contributed by atoms with E-state index in [0.29, 0.717) is 6.04 Å². The molecule has 1 aliphatic carbocycles. The summed E-state index contributed by atoms with van der Waals surface area (Å²) in [5.74, 6) is 0. The molecule has 1 aromatic carbocycles. The molecular weight excluding hydrogens is 260 g/mol. The van der Waals surface area contributed by atoms with E-state index in [9.17, 15) is 5.26 Å². The average molecular weight is 280 g/mol. The van der Waals surface area contributed by atoms with Crippen molar-refractivity contribution in [2.45, 2.75) is 25.3 Å². The second-order valence-electron chi connectivity index (χ2n) is 6.12. The number of nitriles is 1. The van der Waals surface area contributed by atoms with Gasteiger partial charge in [0.2, 0.25) is 0 Å². The van der Waals surface area contributed by atoms with Crippen molar-refractivity contribution in [1.29, 1.82) is 5.26 Å². The van der Waals surface area contributed by atoms with E-state index in [1.54, 1.807) is 0 Å². The molecule has 0 amide bonds. The first-order chi connectivity index (χ1) is 10.4. The topological polar surface area (TPSA) is 54.9 Å². The van der Waals surface area contributed by atoms with Crippen molar-refractivity contribution in [2.24, 2.45) is 0 Å². The molecule has 4 heteroatoms. The lowest BCUT2D eigenvalue weighted by Crippen LogP contribution is -2.50. The molecule has 1 fully saturated rings. The summed E-state index contributed by atoms with van der Waals surface area (Å²) in [7, 11) is 0. The second-order valence-corrected chi connectivity index (χ2v) is 6.12. The minimum Gasteiger partial charge on any atom is -0.360 e. The zero-order chi connectivity index (χ0) is 14.2. The molecule has 0 saturated carbocycles. The first kappa shape index (κ1) is 12.9. The van der Waals surface area contributed by atoms with Crippen molar-refractivity contribution in [3.05, 3.63) is 35.0 Å². The number of aromatic amines is 1. The van der Waals surface area contributed by atoms with Gasteiger partial charge in [-0.25, -0.2) is 0 Å². The van der Waals surface area contributed by atoms with Crippen molar-refractivity contribution < 1.29 is 0 Å². The lowest BCUT2D eigenvalue weighted by molar-refractivity contribution is 0.159. The van der Waals surface area contributed by atoms with E-state index in [0.717, 1.165) is 55.5 Å². The molecule has 1 aromatic heterocycles. The molecule has 2 heterocycles. The Kier molecular flexibility index (Phi) is 3.17. The molecule has 108 valence electrons. The number of rotatable bonds is 1. The Bertz CT molecular complexity index is 703. The second kappa shape index (κ2) is 5.18. The molecule has 2 N–H and O–H groups in total.